The molecule has 0 bridgehead atoms. The quantitative estimate of drug-likeness (QED) is 0.671. The highest BCUT2D eigenvalue weighted by Gasteiger charge is 2.39. The molecule has 0 radical (unpaired) electrons. The van der Waals surface area contributed by atoms with E-state index in [1.165, 1.54) is 13.2 Å². The molecule has 1 aromatic rings. The molecule has 1 unspecified atom stereocenters. The standard InChI is InChI=1S/C14H14F3NO3/c1-21-12(19)9-5-8-11(10-6-3-2-4-7-10)18-13(20)14(15,16)17/h2-7,9,11H,8H2,1H3,(H,18,20)/b9-5+. The highest BCUT2D eigenvalue weighted by molar-refractivity contribution is 5.82. The highest BCUT2D eigenvalue weighted by atomic mass is 19.4. The fourth-order valence-electron chi connectivity index (χ4n) is 1.57. The predicted molar refractivity (Wildman–Crippen MR) is 69.2 cm³/mol. The molecule has 0 saturated carbocycles. The Kier molecular flexibility index (Phi) is 5.95. The van der Waals surface area contributed by atoms with Gasteiger partial charge in [-0.2, -0.15) is 13.2 Å². The number of carbonyl (C=O) groups excluding carboxylic acids is 2. The van der Waals surface area contributed by atoms with E-state index in [4.69, 9.17) is 0 Å². The zero-order chi connectivity index (χ0) is 15.9. The van der Waals surface area contributed by atoms with Crippen molar-refractivity contribution >= 4 is 11.9 Å². The van der Waals surface area contributed by atoms with E-state index in [2.05, 4.69) is 4.74 Å². The van der Waals surface area contributed by atoms with Crippen LogP contribution < -0.4 is 5.32 Å². The molecule has 21 heavy (non-hydrogen) atoms. The minimum absolute atomic E-state index is 0.0287. The van der Waals surface area contributed by atoms with Crippen LogP contribution in [-0.2, 0) is 14.3 Å². The number of esters is 1. The molecule has 0 fully saturated rings. The lowest BCUT2D eigenvalue weighted by atomic mass is 10.0. The Morgan fingerprint density at radius 1 is 1.29 bits per heavy atom. The minimum Gasteiger partial charge on any atom is -0.466 e. The zero-order valence-corrected chi connectivity index (χ0v) is 11.2. The van der Waals surface area contributed by atoms with Crippen molar-refractivity contribution in [2.45, 2.75) is 18.6 Å². The third-order valence-corrected chi connectivity index (χ3v) is 2.59. The molecule has 1 N–H and O–H groups in total. The van der Waals surface area contributed by atoms with Crippen molar-refractivity contribution in [1.29, 1.82) is 0 Å². The van der Waals surface area contributed by atoms with Crippen LogP contribution in [0.3, 0.4) is 0 Å². The van der Waals surface area contributed by atoms with Gasteiger partial charge in [0.25, 0.3) is 0 Å². The molecular formula is C14H14F3NO3. The molecule has 0 aliphatic heterocycles. The van der Waals surface area contributed by atoms with Crippen LogP contribution >= 0.6 is 0 Å². The number of nitrogens with one attached hydrogen (secondary N) is 1. The van der Waals surface area contributed by atoms with E-state index in [0.717, 1.165) is 6.08 Å². The largest absolute Gasteiger partial charge is 0.471 e. The van der Waals surface area contributed by atoms with Crippen LogP contribution in [0.25, 0.3) is 0 Å². The molecule has 1 amide bonds. The Morgan fingerprint density at radius 3 is 2.43 bits per heavy atom. The van der Waals surface area contributed by atoms with E-state index in [9.17, 15) is 22.8 Å². The van der Waals surface area contributed by atoms with Crippen molar-refractivity contribution < 1.29 is 27.5 Å². The van der Waals surface area contributed by atoms with Gasteiger partial charge in [0.15, 0.2) is 0 Å². The molecule has 1 aromatic carbocycles. The van der Waals surface area contributed by atoms with Gasteiger partial charge in [-0.05, 0) is 12.0 Å². The molecule has 1 rings (SSSR count). The number of alkyl halides is 3. The summed E-state index contributed by atoms with van der Waals surface area (Å²) in [5.41, 5.74) is 0.504. The molecule has 0 aromatic heterocycles. The molecule has 0 aliphatic carbocycles. The summed E-state index contributed by atoms with van der Waals surface area (Å²) in [6.45, 7) is 0. The summed E-state index contributed by atoms with van der Waals surface area (Å²) in [5.74, 6) is -2.65. The summed E-state index contributed by atoms with van der Waals surface area (Å²) in [6, 6.07) is 7.29. The fraction of sp³-hybridized carbons (Fsp3) is 0.286. The SMILES string of the molecule is COC(=O)/C=C/CC(NC(=O)C(F)(F)F)c1ccccc1. The number of halogens is 3. The van der Waals surface area contributed by atoms with E-state index >= 15 is 0 Å². The van der Waals surface area contributed by atoms with Gasteiger partial charge in [0.05, 0.1) is 13.2 Å². The Morgan fingerprint density at radius 2 is 1.90 bits per heavy atom. The third-order valence-electron chi connectivity index (χ3n) is 2.59. The van der Waals surface area contributed by atoms with Crippen LogP contribution in [0.4, 0.5) is 13.2 Å². The topological polar surface area (TPSA) is 55.4 Å². The maximum absolute atomic E-state index is 12.3. The molecule has 1 atom stereocenters. The Balaban J connectivity index is 2.83. The number of carbonyl (C=O) groups is 2. The summed E-state index contributed by atoms with van der Waals surface area (Å²) in [6.07, 6.45) is -2.49. The lowest BCUT2D eigenvalue weighted by molar-refractivity contribution is -0.174. The first-order chi connectivity index (χ1) is 9.84. The van der Waals surface area contributed by atoms with Gasteiger partial charge >= 0.3 is 18.1 Å². The van der Waals surface area contributed by atoms with Gasteiger partial charge in [-0.3, -0.25) is 4.79 Å². The smallest absolute Gasteiger partial charge is 0.466 e. The molecule has 0 saturated heterocycles. The second kappa shape index (κ2) is 7.47. The second-order valence-corrected chi connectivity index (χ2v) is 4.10. The summed E-state index contributed by atoms with van der Waals surface area (Å²) >= 11 is 0. The van der Waals surface area contributed by atoms with Crippen molar-refractivity contribution in [3.63, 3.8) is 0 Å². The van der Waals surface area contributed by atoms with Crippen molar-refractivity contribution in [2.75, 3.05) is 7.11 Å². The molecule has 0 aliphatic rings. The van der Waals surface area contributed by atoms with Gasteiger partial charge in [-0.25, -0.2) is 4.79 Å². The first kappa shape index (κ1) is 16.7. The van der Waals surface area contributed by atoms with E-state index < -0.39 is 24.1 Å². The minimum atomic E-state index is -4.96. The van der Waals surface area contributed by atoms with Gasteiger partial charge in [0, 0.05) is 6.08 Å². The van der Waals surface area contributed by atoms with E-state index in [-0.39, 0.29) is 6.42 Å². The number of rotatable bonds is 5. The van der Waals surface area contributed by atoms with Gasteiger partial charge in [-0.15, -0.1) is 0 Å². The Bertz CT molecular complexity index is 512. The van der Waals surface area contributed by atoms with Crippen LogP contribution in [-0.4, -0.2) is 25.2 Å². The molecular weight excluding hydrogens is 287 g/mol. The van der Waals surface area contributed by atoms with Crippen LogP contribution in [0, 0.1) is 0 Å². The van der Waals surface area contributed by atoms with E-state index in [0.29, 0.717) is 5.56 Å². The zero-order valence-electron chi connectivity index (χ0n) is 11.2. The van der Waals surface area contributed by atoms with Gasteiger partial charge in [-0.1, -0.05) is 36.4 Å². The van der Waals surface area contributed by atoms with Crippen LogP contribution in [0.5, 0.6) is 0 Å². The monoisotopic (exact) mass is 301 g/mol. The average molecular weight is 301 g/mol. The number of benzene rings is 1. The van der Waals surface area contributed by atoms with Crippen LogP contribution in [0.2, 0.25) is 0 Å². The van der Waals surface area contributed by atoms with Gasteiger partial charge in [0.2, 0.25) is 0 Å². The summed E-state index contributed by atoms with van der Waals surface area (Å²) in [7, 11) is 1.19. The number of amides is 1. The van der Waals surface area contributed by atoms with Crippen molar-refractivity contribution in [1.82, 2.24) is 5.32 Å². The first-order valence-electron chi connectivity index (χ1n) is 6.01. The van der Waals surface area contributed by atoms with Gasteiger partial charge in [0.1, 0.15) is 0 Å². The number of hydrogen-bond acceptors (Lipinski definition) is 3. The van der Waals surface area contributed by atoms with Gasteiger partial charge < -0.3 is 10.1 Å². The molecule has 114 valence electrons. The summed E-state index contributed by atoms with van der Waals surface area (Å²) < 4.78 is 41.4. The summed E-state index contributed by atoms with van der Waals surface area (Å²) in [4.78, 5) is 22.0. The number of methoxy groups -OCH3 is 1. The number of hydrogen-bond donors (Lipinski definition) is 1. The van der Waals surface area contributed by atoms with Crippen molar-refractivity contribution in [2.24, 2.45) is 0 Å². The lowest BCUT2D eigenvalue weighted by Crippen LogP contribution is -2.39. The molecule has 0 heterocycles. The summed E-state index contributed by atoms with van der Waals surface area (Å²) in [5, 5.41) is 1.90. The van der Waals surface area contributed by atoms with Crippen molar-refractivity contribution in [3.8, 4) is 0 Å². The maximum Gasteiger partial charge on any atom is 0.471 e. The lowest BCUT2D eigenvalue weighted by Gasteiger charge is -2.18. The highest BCUT2D eigenvalue weighted by Crippen LogP contribution is 2.21. The Hall–Kier alpha value is -2.31. The van der Waals surface area contributed by atoms with E-state index in [1.807, 2.05) is 5.32 Å². The fourth-order valence-corrected chi connectivity index (χ4v) is 1.57. The Labute approximate surface area is 119 Å². The predicted octanol–water partition coefficient (Wildman–Crippen LogP) is 2.53. The number of ether oxygens (including phenoxy) is 1. The average Bonchev–Trinajstić information content (AvgIpc) is 2.45. The normalized spacial score (nSPS) is 13.0. The maximum atomic E-state index is 12.3. The van der Waals surface area contributed by atoms with E-state index in [1.54, 1.807) is 30.3 Å². The molecule has 0 spiro atoms. The third kappa shape index (κ3) is 5.68. The van der Waals surface area contributed by atoms with Crippen molar-refractivity contribution in [3.05, 3.63) is 48.0 Å². The molecule has 4 nitrogen and oxygen atoms in total. The second-order valence-electron chi connectivity index (χ2n) is 4.10. The molecule has 7 heteroatoms. The first-order valence-corrected chi connectivity index (χ1v) is 6.01. The van der Waals surface area contributed by atoms with Crippen LogP contribution in [0.1, 0.15) is 18.0 Å². The van der Waals surface area contributed by atoms with Crippen LogP contribution in [0.15, 0.2) is 42.5 Å².